The number of rotatable bonds is 4. The third kappa shape index (κ3) is 3.52. The first-order valence-corrected chi connectivity index (χ1v) is 11.2. The van der Waals surface area contributed by atoms with Gasteiger partial charge in [-0.15, -0.1) is 0 Å². The van der Waals surface area contributed by atoms with Crippen molar-refractivity contribution in [3.8, 4) is 16.9 Å². The van der Waals surface area contributed by atoms with Crippen LogP contribution in [0.15, 0.2) is 59.0 Å². The predicted molar refractivity (Wildman–Crippen MR) is 134 cm³/mol. The lowest BCUT2D eigenvalue weighted by Gasteiger charge is -2.13. The Kier molecular flexibility index (Phi) is 5.09. The molecule has 0 fully saturated rings. The molecule has 0 radical (unpaired) electrons. The molecule has 1 aromatic heterocycles. The van der Waals surface area contributed by atoms with Gasteiger partial charge in [-0.3, -0.25) is 4.79 Å². The van der Waals surface area contributed by atoms with Crippen molar-refractivity contribution in [1.82, 2.24) is 0 Å². The first-order chi connectivity index (χ1) is 15.9. The van der Waals surface area contributed by atoms with Crippen molar-refractivity contribution < 1.29 is 13.9 Å². The fourth-order valence-electron chi connectivity index (χ4n) is 4.84. The Morgan fingerprint density at radius 2 is 1.76 bits per heavy atom. The number of amides is 1. The average molecular weight is 438 g/mol. The van der Waals surface area contributed by atoms with E-state index in [0.717, 1.165) is 56.9 Å². The number of anilines is 1. The summed E-state index contributed by atoms with van der Waals surface area (Å²) in [6.07, 6.45) is 2.53. The molecule has 0 bridgehead atoms. The summed E-state index contributed by atoms with van der Waals surface area (Å²) in [6.45, 7) is 7.94. The van der Waals surface area contributed by atoms with Gasteiger partial charge in [0.25, 0.3) is 0 Å². The van der Waals surface area contributed by atoms with Gasteiger partial charge in [0.15, 0.2) is 0 Å². The van der Waals surface area contributed by atoms with E-state index in [9.17, 15) is 4.79 Å². The van der Waals surface area contributed by atoms with Crippen molar-refractivity contribution in [3.63, 3.8) is 0 Å². The van der Waals surface area contributed by atoms with Crippen LogP contribution < -0.4 is 10.1 Å². The topological polar surface area (TPSA) is 51.5 Å². The summed E-state index contributed by atoms with van der Waals surface area (Å²) < 4.78 is 11.7. The number of nitrogens with one attached hydrogen (secondary N) is 1. The molecule has 3 aromatic carbocycles. The minimum absolute atomic E-state index is 0.164. The maximum absolute atomic E-state index is 12.9. The van der Waals surface area contributed by atoms with Crippen molar-refractivity contribution in [2.45, 2.75) is 34.1 Å². The summed E-state index contributed by atoms with van der Waals surface area (Å²) in [5, 5.41) is 4.08. The van der Waals surface area contributed by atoms with E-state index < -0.39 is 0 Å². The molecular formula is C29H27NO3. The van der Waals surface area contributed by atoms with Gasteiger partial charge in [-0.1, -0.05) is 30.3 Å². The third-order valence-corrected chi connectivity index (χ3v) is 6.68. The average Bonchev–Trinajstić information content (AvgIpc) is 3.30. The van der Waals surface area contributed by atoms with Crippen molar-refractivity contribution >= 4 is 28.1 Å². The van der Waals surface area contributed by atoms with Gasteiger partial charge in [0, 0.05) is 28.3 Å². The van der Waals surface area contributed by atoms with E-state index in [1.165, 1.54) is 22.3 Å². The molecule has 1 N–H and O–H groups in total. The van der Waals surface area contributed by atoms with Gasteiger partial charge in [-0.25, -0.2) is 0 Å². The van der Waals surface area contributed by atoms with Crippen molar-refractivity contribution in [2.75, 3.05) is 12.4 Å². The second kappa shape index (κ2) is 7.96. The zero-order valence-electron chi connectivity index (χ0n) is 19.6. The summed E-state index contributed by atoms with van der Waals surface area (Å²) in [5.74, 6) is 1.46. The Morgan fingerprint density at radius 3 is 2.55 bits per heavy atom. The number of ether oxygens (including phenoxy) is 1. The molecular weight excluding hydrogens is 410 g/mol. The first kappa shape index (κ1) is 21.1. The van der Waals surface area contributed by atoms with Gasteiger partial charge >= 0.3 is 0 Å². The highest BCUT2D eigenvalue weighted by Crippen LogP contribution is 2.39. The van der Waals surface area contributed by atoms with E-state index >= 15 is 0 Å². The Bertz CT molecular complexity index is 1460. The first-order valence-electron chi connectivity index (χ1n) is 11.2. The second-order valence-corrected chi connectivity index (χ2v) is 8.76. The molecule has 0 atom stereocenters. The van der Waals surface area contributed by atoms with Gasteiger partial charge in [0.2, 0.25) is 5.91 Å². The second-order valence-electron chi connectivity index (χ2n) is 8.76. The maximum atomic E-state index is 12.9. The minimum Gasteiger partial charge on any atom is -0.496 e. The summed E-state index contributed by atoms with van der Waals surface area (Å²) >= 11 is 0. The fraction of sp³-hybridized carbons (Fsp3) is 0.207. The van der Waals surface area contributed by atoms with Gasteiger partial charge < -0.3 is 14.5 Å². The molecule has 0 unspecified atom stereocenters. The molecule has 1 aliphatic rings. The van der Waals surface area contributed by atoms with E-state index in [0.29, 0.717) is 0 Å². The molecule has 0 saturated heterocycles. The quantitative estimate of drug-likeness (QED) is 0.309. The van der Waals surface area contributed by atoms with Gasteiger partial charge in [-0.05, 0) is 85.7 Å². The number of furan rings is 1. The molecule has 166 valence electrons. The van der Waals surface area contributed by atoms with Crippen molar-refractivity contribution in [2.24, 2.45) is 0 Å². The molecule has 0 aliphatic heterocycles. The van der Waals surface area contributed by atoms with E-state index in [-0.39, 0.29) is 5.91 Å². The highest BCUT2D eigenvalue weighted by atomic mass is 16.5. The molecule has 0 spiro atoms. The van der Waals surface area contributed by atoms with Crippen LogP contribution in [0.3, 0.4) is 0 Å². The van der Waals surface area contributed by atoms with Gasteiger partial charge in [0.1, 0.15) is 17.1 Å². The van der Waals surface area contributed by atoms with E-state index in [1.807, 2.05) is 26.8 Å². The molecule has 4 aromatic rings. The van der Waals surface area contributed by atoms with Crippen LogP contribution in [-0.4, -0.2) is 13.0 Å². The van der Waals surface area contributed by atoms with Crippen molar-refractivity contribution in [1.29, 1.82) is 0 Å². The predicted octanol–water partition coefficient (Wildman–Crippen LogP) is 6.98. The molecule has 5 rings (SSSR count). The number of fused-ring (bicyclic) bond motifs is 4. The molecule has 1 aliphatic carbocycles. The summed E-state index contributed by atoms with van der Waals surface area (Å²) in [5.41, 5.74) is 10.5. The van der Waals surface area contributed by atoms with E-state index in [4.69, 9.17) is 9.15 Å². The lowest BCUT2D eigenvalue weighted by molar-refractivity contribution is -0.111. The van der Waals surface area contributed by atoms with Gasteiger partial charge in [-0.2, -0.15) is 0 Å². The van der Waals surface area contributed by atoms with Crippen LogP contribution in [0.25, 0.3) is 27.7 Å². The SMILES string of the molecule is COc1c(/C(C)=C/C(=O)Nc2ccc3c(c2)Cc2ccccc2-3)cc2c(C)c(C)oc2c1C. The lowest BCUT2D eigenvalue weighted by Crippen LogP contribution is -2.09. The third-order valence-electron chi connectivity index (χ3n) is 6.68. The number of benzene rings is 3. The monoisotopic (exact) mass is 437 g/mol. The van der Waals surface area contributed by atoms with E-state index in [1.54, 1.807) is 13.2 Å². The number of allylic oxidation sites excluding steroid dienone is 1. The van der Waals surface area contributed by atoms with E-state index in [2.05, 4.69) is 54.7 Å². The summed E-state index contributed by atoms with van der Waals surface area (Å²) in [4.78, 5) is 12.9. The Labute approximate surface area is 193 Å². The van der Waals surface area contributed by atoms with Crippen LogP contribution in [0.4, 0.5) is 5.69 Å². The Morgan fingerprint density at radius 1 is 1.00 bits per heavy atom. The van der Waals surface area contributed by atoms with Crippen LogP contribution in [0, 0.1) is 20.8 Å². The Hall–Kier alpha value is -3.79. The zero-order valence-corrected chi connectivity index (χ0v) is 19.6. The zero-order chi connectivity index (χ0) is 23.3. The Balaban J connectivity index is 1.43. The largest absolute Gasteiger partial charge is 0.496 e. The van der Waals surface area contributed by atoms with Crippen LogP contribution in [0.2, 0.25) is 0 Å². The van der Waals surface area contributed by atoms with Crippen LogP contribution >= 0.6 is 0 Å². The number of carbonyl (C=O) groups excluding carboxylic acids is 1. The molecule has 4 heteroatoms. The molecule has 1 heterocycles. The highest BCUT2D eigenvalue weighted by molar-refractivity contribution is 6.05. The maximum Gasteiger partial charge on any atom is 0.248 e. The standard InChI is InChI=1S/C29H27NO3/c1-16(25-15-26-17(2)19(4)33-29(26)18(3)28(25)32-5)12-27(31)30-22-10-11-24-21(14-22)13-20-8-6-7-9-23(20)24/h6-12,14-15H,13H2,1-5H3,(H,30,31)/b16-12+. The summed E-state index contributed by atoms with van der Waals surface area (Å²) in [6, 6.07) is 16.6. The molecule has 0 saturated carbocycles. The van der Waals surface area contributed by atoms with Crippen LogP contribution in [0.1, 0.15) is 40.5 Å². The number of hydrogen-bond acceptors (Lipinski definition) is 3. The molecule has 4 nitrogen and oxygen atoms in total. The van der Waals surface area contributed by atoms with Gasteiger partial charge in [0.05, 0.1) is 7.11 Å². The van der Waals surface area contributed by atoms with Crippen molar-refractivity contribution in [3.05, 3.63) is 88.2 Å². The number of aryl methyl sites for hydroxylation is 3. The summed E-state index contributed by atoms with van der Waals surface area (Å²) in [7, 11) is 1.65. The molecule has 33 heavy (non-hydrogen) atoms. The van der Waals surface area contributed by atoms with Crippen LogP contribution in [-0.2, 0) is 11.2 Å². The number of carbonyl (C=O) groups is 1. The molecule has 1 amide bonds. The lowest BCUT2D eigenvalue weighted by atomic mass is 9.98. The highest BCUT2D eigenvalue weighted by Gasteiger charge is 2.20. The normalized spacial score (nSPS) is 12.6. The number of hydrogen-bond donors (Lipinski definition) is 1. The fourth-order valence-corrected chi connectivity index (χ4v) is 4.84. The number of methoxy groups -OCH3 is 1. The smallest absolute Gasteiger partial charge is 0.248 e. The minimum atomic E-state index is -0.164. The van der Waals surface area contributed by atoms with Crippen LogP contribution in [0.5, 0.6) is 5.75 Å².